The van der Waals surface area contributed by atoms with Gasteiger partial charge in [0, 0.05) is 0 Å². The molecule has 0 spiro atoms. The third-order valence-electron chi connectivity index (χ3n) is 2.59. The number of H-pyrrole nitrogens is 1. The highest BCUT2D eigenvalue weighted by molar-refractivity contribution is 5.20. The maximum absolute atomic E-state index is 5.52. The smallest absolute Gasteiger partial charge is 0.105 e. The second kappa shape index (κ2) is 4.34. The zero-order chi connectivity index (χ0) is 9.80. The Labute approximate surface area is 82.7 Å². The summed E-state index contributed by atoms with van der Waals surface area (Å²) in [6.45, 7) is 0. The van der Waals surface area contributed by atoms with E-state index in [4.69, 9.17) is 5.84 Å². The van der Waals surface area contributed by atoms with Gasteiger partial charge in [-0.15, -0.1) is 0 Å². The Morgan fingerprint density at radius 3 is 3.00 bits per heavy atom. The lowest BCUT2D eigenvalue weighted by Gasteiger charge is -2.20. The molecule has 4 N–H and O–H groups in total. The van der Waals surface area contributed by atoms with Crippen LogP contribution in [0, 0.1) is 0 Å². The van der Waals surface area contributed by atoms with Gasteiger partial charge in [-0.05, 0) is 31.3 Å². The van der Waals surface area contributed by atoms with Gasteiger partial charge >= 0.3 is 0 Å². The lowest BCUT2D eigenvalue weighted by Crippen LogP contribution is -2.30. The van der Waals surface area contributed by atoms with Gasteiger partial charge in [-0.2, -0.15) is 15.4 Å². The highest BCUT2D eigenvalue weighted by atomic mass is 15.3. The van der Waals surface area contributed by atoms with E-state index in [9.17, 15) is 0 Å². The number of hydrogen-bond donors (Lipinski definition) is 3. The van der Waals surface area contributed by atoms with Crippen LogP contribution >= 0.6 is 0 Å². The Morgan fingerprint density at radius 2 is 2.43 bits per heavy atom. The van der Waals surface area contributed by atoms with Crippen LogP contribution in [0.3, 0.4) is 0 Å². The number of allylic oxidation sites excluding steroid dienone is 1. The summed E-state index contributed by atoms with van der Waals surface area (Å²) in [5.41, 5.74) is 4.97. The van der Waals surface area contributed by atoms with Crippen molar-refractivity contribution >= 4 is 0 Å². The first-order valence-corrected chi connectivity index (χ1v) is 4.92. The van der Waals surface area contributed by atoms with Crippen LogP contribution in [0.4, 0.5) is 0 Å². The minimum Gasteiger partial charge on any atom is -0.271 e. The molecular formula is C9H15N5. The van der Waals surface area contributed by atoms with E-state index in [1.54, 1.807) is 6.20 Å². The molecule has 1 aromatic heterocycles. The number of nitrogens with two attached hydrogens (primary N) is 1. The zero-order valence-electron chi connectivity index (χ0n) is 8.03. The van der Waals surface area contributed by atoms with Gasteiger partial charge in [-0.3, -0.25) is 5.84 Å². The molecule has 1 atom stereocenters. The van der Waals surface area contributed by atoms with Crippen LogP contribution in [-0.4, -0.2) is 15.4 Å². The fraction of sp³-hybridized carbons (Fsp3) is 0.556. The summed E-state index contributed by atoms with van der Waals surface area (Å²) >= 11 is 0. The fourth-order valence-electron chi connectivity index (χ4n) is 1.86. The van der Waals surface area contributed by atoms with Crippen molar-refractivity contribution in [3.8, 4) is 0 Å². The van der Waals surface area contributed by atoms with E-state index < -0.39 is 0 Å². The second-order valence-electron chi connectivity index (χ2n) is 3.52. The van der Waals surface area contributed by atoms with Crippen molar-refractivity contribution in [3.05, 3.63) is 23.5 Å². The number of rotatable bonds is 3. The van der Waals surface area contributed by atoms with E-state index in [-0.39, 0.29) is 6.04 Å². The first-order valence-electron chi connectivity index (χ1n) is 4.92. The Kier molecular flexibility index (Phi) is 2.90. The predicted octanol–water partition coefficient (Wildman–Crippen LogP) is 0.809. The number of nitrogens with one attached hydrogen (secondary N) is 2. The topological polar surface area (TPSA) is 79.6 Å². The molecule has 0 saturated carbocycles. The van der Waals surface area contributed by atoms with E-state index in [0.717, 1.165) is 18.5 Å². The number of hydrogen-bond acceptors (Lipinski definition) is 4. The van der Waals surface area contributed by atoms with E-state index >= 15 is 0 Å². The summed E-state index contributed by atoms with van der Waals surface area (Å²) in [5.74, 6) is 5.52. The zero-order valence-corrected chi connectivity index (χ0v) is 8.03. The minimum atomic E-state index is 0.0223. The van der Waals surface area contributed by atoms with Gasteiger partial charge in [0.1, 0.15) is 5.69 Å². The molecule has 1 heterocycles. The molecule has 1 unspecified atom stereocenters. The molecule has 1 aliphatic carbocycles. The molecule has 0 saturated heterocycles. The van der Waals surface area contributed by atoms with E-state index in [1.165, 1.54) is 18.4 Å². The summed E-state index contributed by atoms with van der Waals surface area (Å²) in [7, 11) is 0. The first-order chi connectivity index (χ1) is 6.92. The maximum Gasteiger partial charge on any atom is 0.105 e. The summed E-state index contributed by atoms with van der Waals surface area (Å²) in [4.78, 5) is 0. The normalized spacial score (nSPS) is 19.1. The van der Waals surface area contributed by atoms with Crippen LogP contribution in [0.1, 0.15) is 37.4 Å². The summed E-state index contributed by atoms with van der Waals surface area (Å²) in [5, 5.41) is 10.4. The highest BCUT2D eigenvalue weighted by Crippen LogP contribution is 2.27. The quantitative estimate of drug-likeness (QED) is 0.377. The molecule has 0 bridgehead atoms. The van der Waals surface area contributed by atoms with Gasteiger partial charge in [-0.1, -0.05) is 6.08 Å². The van der Waals surface area contributed by atoms with Gasteiger partial charge in [0.25, 0.3) is 0 Å². The lowest BCUT2D eigenvalue weighted by atomic mass is 9.93. The predicted molar refractivity (Wildman–Crippen MR) is 53.0 cm³/mol. The van der Waals surface area contributed by atoms with Crippen LogP contribution in [0.15, 0.2) is 17.8 Å². The van der Waals surface area contributed by atoms with Crippen molar-refractivity contribution in [2.75, 3.05) is 0 Å². The molecule has 0 fully saturated rings. The maximum atomic E-state index is 5.52. The van der Waals surface area contributed by atoms with Crippen LogP contribution in [0.25, 0.3) is 0 Å². The largest absolute Gasteiger partial charge is 0.271 e. The second-order valence-corrected chi connectivity index (χ2v) is 3.52. The molecule has 0 aliphatic heterocycles. The van der Waals surface area contributed by atoms with Crippen molar-refractivity contribution in [1.29, 1.82) is 0 Å². The molecule has 1 aliphatic rings. The molecule has 5 heteroatoms. The molecule has 0 amide bonds. The van der Waals surface area contributed by atoms with Gasteiger partial charge in [-0.25, -0.2) is 5.43 Å². The molecule has 2 rings (SSSR count). The van der Waals surface area contributed by atoms with Gasteiger partial charge in [0.15, 0.2) is 0 Å². The highest BCUT2D eigenvalue weighted by Gasteiger charge is 2.18. The molecule has 0 radical (unpaired) electrons. The van der Waals surface area contributed by atoms with Crippen molar-refractivity contribution in [3.63, 3.8) is 0 Å². The average molecular weight is 193 g/mol. The van der Waals surface area contributed by atoms with Crippen molar-refractivity contribution in [1.82, 2.24) is 20.8 Å². The van der Waals surface area contributed by atoms with Gasteiger partial charge in [0.2, 0.25) is 0 Å². The summed E-state index contributed by atoms with van der Waals surface area (Å²) < 4.78 is 0. The Morgan fingerprint density at radius 1 is 1.50 bits per heavy atom. The van der Waals surface area contributed by atoms with Gasteiger partial charge in [0.05, 0.1) is 12.2 Å². The van der Waals surface area contributed by atoms with E-state index in [0.29, 0.717) is 0 Å². The van der Waals surface area contributed by atoms with E-state index in [1.807, 2.05) is 0 Å². The Hall–Kier alpha value is -1.20. The van der Waals surface area contributed by atoms with Crippen molar-refractivity contribution < 1.29 is 0 Å². The van der Waals surface area contributed by atoms with Gasteiger partial charge < -0.3 is 0 Å². The van der Waals surface area contributed by atoms with Crippen LogP contribution in [-0.2, 0) is 0 Å². The van der Waals surface area contributed by atoms with Crippen LogP contribution in [0.2, 0.25) is 0 Å². The number of nitrogens with zero attached hydrogens (tertiary/aromatic N) is 2. The number of aromatic amines is 1. The third-order valence-corrected chi connectivity index (χ3v) is 2.59. The monoisotopic (exact) mass is 193 g/mol. The minimum absolute atomic E-state index is 0.0223. The molecule has 76 valence electrons. The number of hydrazine groups is 1. The average Bonchev–Trinajstić information content (AvgIpc) is 2.74. The van der Waals surface area contributed by atoms with Crippen LogP contribution in [0.5, 0.6) is 0 Å². The number of aromatic nitrogens is 3. The van der Waals surface area contributed by atoms with E-state index in [2.05, 4.69) is 26.9 Å². The summed E-state index contributed by atoms with van der Waals surface area (Å²) in [6.07, 6.45) is 8.72. The molecular weight excluding hydrogens is 178 g/mol. The Bertz CT molecular complexity index is 303. The molecule has 0 aromatic carbocycles. The van der Waals surface area contributed by atoms with Crippen LogP contribution < -0.4 is 11.3 Å². The van der Waals surface area contributed by atoms with Crippen molar-refractivity contribution in [2.24, 2.45) is 5.84 Å². The molecule has 5 nitrogen and oxygen atoms in total. The Balaban J connectivity index is 2.16. The standard InChI is InChI=1S/C9H15N5/c10-12-9(8-6-11-14-13-8)7-4-2-1-3-5-7/h4,6,9,12H,1-3,5,10H2,(H,11,13,14). The first kappa shape index (κ1) is 9.36. The SMILES string of the molecule is NNC(C1=CCCCC1)c1cn[nH]n1. The van der Waals surface area contributed by atoms with Crippen molar-refractivity contribution in [2.45, 2.75) is 31.7 Å². The fourth-order valence-corrected chi connectivity index (χ4v) is 1.86. The lowest BCUT2D eigenvalue weighted by molar-refractivity contribution is 0.554. The molecule has 14 heavy (non-hydrogen) atoms. The molecule has 1 aromatic rings. The summed E-state index contributed by atoms with van der Waals surface area (Å²) in [6, 6.07) is 0.0223. The third kappa shape index (κ3) is 1.83.